The van der Waals surface area contributed by atoms with Crippen molar-refractivity contribution in [3.63, 3.8) is 0 Å². The van der Waals surface area contributed by atoms with E-state index in [1.807, 2.05) is 40.2 Å². The predicted molar refractivity (Wildman–Crippen MR) is 202 cm³/mol. The number of allylic oxidation sites excluding steroid dienone is 2. The standard InChI is InChI=1S/C31H30NO.C13H24O2.Ir/c1-20(2)14-21-10-11-26-27(19-33-30(26)15-21)23-12-13-32-29(18-23)24-16-22-8-6-7-9-25(22)28(17-24)31(3,4)5;1-5-10(6-2)12(14)9-13(15)11(7-3)8-4;/h6-13,15,17-20H,14H2,1-5H3;9-11,14H,5-8H2,1-4H3;/q-1;;/b;12-9-;. The first-order valence-electron chi connectivity index (χ1n) is 17.8. The van der Waals surface area contributed by atoms with E-state index in [-0.39, 0.29) is 48.9 Å². The average molecular weight is 837 g/mol. The number of hydrogen-bond donors (Lipinski definition) is 1. The molecule has 0 aliphatic carbocycles. The number of aliphatic hydroxyl groups is 1. The summed E-state index contributed by atoms with van der Waals surface area (Å²) in [5.41, 5.74) is 7.74. The summed E-state index contributed by atoms with van der Waals surface area (Å²) in [6, 6.07) is 25.1. The molecule has 0 amide bonds. The molecule has 0 bridgehead atoms. The summed E-state index contributed by atoms with van der Waals surface area (Å²) in [4.78, 5) is 16.4. The van der Waals surface area contributed by atoms with Gasteiger partial charge < -0.3 is 9.52 Å². The number of hydrogen-bond acceptors (Lipinski definition) is 4. The third-order valence-corrected chi connectivity index (χ3v) is 9.30. The molecule has 0 fully saturated rings. The van der Waals surface area contributed by atoms with Crippen molar-refractivity contribution in [1.29, 1.82) is 0 Å². The molecule has 5 rings (SSSR count). The Morgan fingerprint density at radius 1 is 0.898 bits per heavy atom. The smallest absolute Gasteiger partial charge is 0.162 e. The first-order valence-corrected chi connectivity index (χ1v) is 17.8. The zero-order chi connectivity index (χ0) is 35.0. The van der Waals surface area contributed by atoms with E-state index in [0.717, 1.165) is 70.8 Å². The maximum absolute atomic E-state index is 11.7. The molecule has 2 heterocycles. The molecule has 5 heteroatoms. The van der Waals surface area contributed by atoms with Gasteiger partial charge >= 0.3 is 0 Å². The Morgan fingerprint density at radius 3 is 2.20 bits per heavy atom. The summed E-state index contributed by atoms with van der Waals surface area (Å²) < 4.78 is 5.96. The van der Waals surface area contributed by atoms with Crippen molar-refractivity contribution in [2.75, 3.05) is 0 Å². The number of ketones is 1. The molecule has 1 N–H and O–H groups in total. The van der Waals surface area contributed by atoms with E-state index in [9.17, 15) is 9.90 Å². The van der Waals surface area contributed by atoms with Crippen LogP contribution in [0, 0.1) is 23.8 Å². The Labute approximate surface area is 307 Å². The molecule has 5 aromatic rings. The molecule has 0 spiro atoms. The molecular weight excluding hydrogens is 783 g/mol. The number of furan rings is 1. The largest absolute Gasteiger partial charge is 0.512 e. The van der Waals surface area contributed by atoms with Crippen LogP contribution in [-0.4, -0.2) is 15.9 Å². The number of carbonyl (C=O) groups is 1. The molecule has 0 atom stereocenters. The van der Waals surface area contributed by atoms with Crippen LogP contribution in [0.1, 0.15) is 99.1 Å². The van der Waals surface area contributed by atoms with Crippen LogP contribution in [0.4, 0.5) is 0 Å². The number of carbonyl (C=O) groups excluding carboxylic acids is 1. The van der Waals surface area contributed by atoms with E-state index in [0.29, 0.717) is 5.92 Å². The second kappa shape index (κ2) is 17.9. The van der Waals surface area contributed by atoms with Crippen molar-refractivity contribution in [3.8, 4) is 22.4 Å². The van der Waals surface area contributed by atoms with Crippen molar-refractivity contribution >= 4 is 27.5 Å². The fourth-order valence-electron chi connectivity index (χ4n) is 6.41. The SMILES string of the molecule is CC(C)Cc1ccc2c(-c3ccnc(-c4[c-]c5ccccc5c(C(C)(C)C)c4)c3)coc2c1.CCC(CC)C(=O)/C=C(\O)C(CC)CC.[Ir]. The molecule has 49 heavy (non-hydrogen) atoms. The van der Waals surface area contributed by atoms with Gasteiger partial charge in [-0.3, -0.25) is 9.78 Å². The van der Waals surface area contributed by atoms with E-state index >= 15 is 0 Å². The van der Waals surface area contributed by atoms with Crippen molar-refractivity contribution in [3.05, 3.63) is 102 Å². The molecule has 0 saturated carbocycles. The minimum atomic E-state index is 0. The summed E-state index contributed by atoms with van der Waals surface area (Å²) in [5.74, 6) is 1.17. The van der Waals surface area contributed by atoms with Gasteiger partial charge in [-0.15, -0.1) is 29.1 Å². The minimum Gasteiger partial charge on any atom is -0.512 e. The monoisotopic (exact) mass is 837 g/mol. The molecule has 0 saturated heterocycles. The summed E-state index contributed by atoms with van der Waals surface area (Å²) in [5, 5.41) is 13.3. The zero-order valence-electron chi connectivity index (χ0n) is 30.8. The Hall–Kier alpha value is -3.53. The van der Waals surface area contributed by atoms with Crippen molar-refractivity contribution in [1.82, 2.24) is 4.98 Å². The second-order valence-corrected chi connectivity index (χ2v) is 14.4. The van der Waals surface area contributed by atoms with Gasteiger partial charge in [-0.1, -0.05) is 110 Å². The molecule has 0 aliphatic rings. The topological polar surface area (TPSA) is 63.3 Å². The third-order valence-electron chi connectivity index (χ3n) is 9.30. The average Bonchev–Trinajstić information content (AvgIpc) is 3.48. The van der Waals surface area contributed by atoms with E-state index < -0.39 is 0 Å². The van der Waals surface area contributed by atoms with E-state index in [1.54, 1.807) is 0 Å². The Balaban J connectivity index is 0.000000347. The number of aliphatic hydroxyl groups excluding tert-OH is 1. The Morgan fingerprint density at radius 2 is 1.57 bits per heavy atom. The summed E-state index contributed by atoms with van der Waals surface area (Å²) in [6.45, 7) is 19.3. The fourth-order valence-corrected chi connectivity index (χ4v) is 6.41. The first-order chi connectivity index (χ1) is 22.9. The van der Waals surface area contributed by atoms with Gasteiger partial charge in [-0.2, -0.15) is 0 Å². The van der Waals surface area contributed by atoms with Crippen LogP contribution in [0.25, 0.3) is 44.1 Å². The van der Waals surface area contributed by atoms with Gasteiger partial charge in [0.15, 0.2) is 5.78 Å². The quantitative estimate of drug-likeness (QED) is 0.0818. The van der Waals surface area contributed by atoms with Gasteiger partial charge in [0.1, 0.15) is 5.58 Å². The minimum absolute atomic E-state index is 0. The molecule has 3 aromatic carbocycles. The van der Waals surface area contributed by atoms with Crippen molar-refractivity contribution < 1.29 is 34.4 Å². The van der Waals surface area contributed by atoms with Crippen LogP contribution in [-0.2, 0) is 36.7 Å². The molecular formula is C44H54IrNO3-. The molecule has 4 nitrogen and oxygen atoms in total. The van der Waals surface area contributed by atoms with Crippen molar-refractivity contribution in [2.45, 2.75) is 99.8 Å². The molecule has 0 aliphatic heterocycles. The van der Waals surface area contributed by atoms with Crippen LogP contribution in [0.15, 0.2) is 89.4 Å². The fraction of sp³-hybridized carbons (Fsp3) is 0.409. The van der Waals surface area contributed by atoms with E-state index in [2.05, 4.69) is 101 Å². The van der Waals surface area contributed by atoms with Gasteiger partial charge in [-0.05, 0) is 66.7 Å². The third kappa shape index (κ3) is 10.0. The molecule has 2 aromatic heterocycles. The van der Waals surface area contributed by atoms with Gasteiger partial charge in [-0.25, -0.2) is 0 Å². The van der Waals surface area contributed by atoms with Crippen molar-refractivity contribution in [2.24, 2.45) is 17.8 Å². The Kier molecular flexibility index (Phi) is 14.6. The normalized spacial score (nSPS) is 12.0. The van der Waals surface area contributed by atoms with Crippen LogP contribution >= 0.6 is 0 Å². The maximum Gasteiger partial charge on any atom is 0.162 e. The summed E-state index contributed by atoms with van der Waals surface area (Å²) in [7, 11) is 0. The number of rotatable bonds is 11. The second-order valence-electron chi connectivity index (χ2n) is 14.4. The Bertz CT molecular complexity index is 1850. The van der Waals surface area contributed by atoms with Crippen LogP contribution in [0.5, 0.6) is 0 Å². The molecule has 263 valence electrons. The number of nitrogens with zero attached hydrogens (tertiary/aromatic N) is 1. The van der Waals surface area contributed by atoms with E-state index in [4.69, 9.17) is 9.40 Å². The van der Waals surface area contributed by atoms with E-state index in [1.165, 1.54) is 22.6 Å². The van der Waals surface area contributed by atoms with Gasteiger partial charge in [0.25, 0.3) is 0 Å². The van der Waals surface area contributed by atoms with Gasteiger partial charge in [0.05, 0.1) is 12.0 Å². The first kappa shape index (κ1) is 39.9. The van der Waals surface area contributed by atoms with Crippen LogP contribution < -0.4 is 0 Å². The number of aromatic nitrogens is 1. The molecule has 1 radical (unpaired) electrons. The zero-order valence-corrected chi connectivity index (χ0v) is 33.2. The number of benzene rings is 3. The summed E-state index contributed by atoms with van der Waals surface area (Å²) in [6.07, 6.45) is 9.72. The van der Waals surface area contributed by atoms with Gasteiger partial charge in [0.2, 0.25) is 0 Å². The predicted octanol–water partition coefficient (Wildman–Crippen LogP) is 12.5. The maximum atomic E-state index is 11.7. The number of fused-ring (bicyclic) bond motifs is 2. The van der Waals surface area contributed by atoms with Gasteiger partial charge in [0, 0.05) is 60.9 Å². The summed E-state index contributed by atoms with van der Waals surface area (Å²) >= 11 is 0. The number of pyridine rings is 1. The van der Waals surface area contributed by atoms with Crippen LogP contribution in [0.3, 0.4) is 0 Å². The van der Waals surface area contributed by atoms with Crippen LogP contribution in [0.2, 0.25) is 0 Å². The molecule has 0 unspecified atom stereocenters.